The highest BCUT2D eigenvalue weighted by molar-refractivity contribution is 5.91. The third-order valence-electron chi connectivity index (χ3n) is 7.30. The number of carbonyl (C=O) groups is 2. The SMILES string of the molecule is CC[C@@]1(O)C(=O)OCc2c1cc1n(c2=O)Cc2c-1nc1cc3c(cc1c2COCCC(=O)CN)OCO3. The molecule has 3 aliphatic rings. The van der Waals surface area contributed by atoms with Crippen LogP contribution >= 0.6 is 0 Å². The maximum absolute atomic E-state index is 13.5. The summed E-state index contributed by atoms with van der Waals surface area (Å²) in [5.41, 5.74) is 6.91. The van der Waals surface area contributed by atoms with E-state index in [1.54, 1.807) is 23.6 Å². The van der Waals surface area contributed by atoms with E-state index in [0.717, 1.165) is 16.5 Å². The molecule has 3 aromatic rings. The van der Waals surface area contributed by atoms with E-state index in [2.05, 4.69) is 0 Å². The fourth-order valence-electron chi connectivity index (χ4n) is 5.18. The number of fused-ring (bicyclic) bond motifs is 6. The van der Waals surface area contributed by atoms with Crippen LogP contribution in [0, 0.1) is 0 Å². The molecule has 11 nitrogen and oxygen atoms in total. The summed E-state index contributed by atoms with van der Waals surface area (Å²) in [5.74, 6) is 0.271. The minimum atomic E-state index is -1.91. The van der Waals surface area contributed by atoms with E-state index >= 15 is 0 Å². The van der Waals surface area contributed by atoms with E-state index < -0.39 is 11.6 Å². The van der Waals surface area contributed by atoms with Crippen LogP contribution in [0.4, 0.5) is 0 Å². The van der Waals surface area contributed by atoms with Crippen molar-refractivity contribution in [2.75, 3.05) is 19.9 Å². The van der Waals surface area contributed by atoms with Crippen molar-refractivity contribution in [3.63, 3.8) is 0 Å². The van der Waals surface area contributed by atoms with Gasteiger partial charge in [0, 0.05) is 29.0 Å². The van der Waals surface area contributed by atoms with Gasteiger partial charge in [0.05, 0.1) is 48.8 Å². The number of Topliss-reactive ketones (excluding diaryl/α,β-unsaturated/α-hetero) is 1. The fourth-order valence-corrected chi connectivity index (χ4v) is 5.18. The van der Waals surface area contributed by atoms with Crippen molar-refractivity contribution in [2.24, 2.45) is 5.73 Å². The summed E-state index contributed by atoms with van der Waals surface area (Å²) < 4.78 is 23.7. The lowest BCUT2D eigenvalue weighted by Crippen LogP contribution is -2.44. The first-order valence-electron chi connectivity index (χ1n) is 12.1. The van der Waals surface area contributed by atoms with E-state index in [1.165, 1.54) is 0 Å². The molecule has 0 saturated heterocycles. The second-order valence-corrected chi connectivity index (χ2v) is 9.29. The van der Waals surface area contributed by atoms with Crippen molar-refractivity contribution in [3.05, 3.63) is 50.8 Å². The zero-order valence-corrected chi connectivity index (χ0v) is 20.2. The number of aliphatic hydroxyl groups is 1. The molecular weight excluding hydrogens is 482 g/mol. The predicted molar refractivity (Wildman–Crippen MR) is 129 cm³/mol. The number of hydrogen-bond donors (Lipinski definition) is 2. The van der Waals surface area contributed by atoms with Crippen LogP contribution in [0.1, 0.15) is 42.0 Å². The lowest BCUT2D eigenvalue weighted by atomic mass is 9.86. The number of rotatable bonds is 7. The van der Waals surface area contributed by atoms with Crippen LogP contribution in [-0.2, 0) is 44.4 Å². The second-order valence-electron chi connectivity index (χ2n) is 9.29. The summed E-state index contributed by atoms with van der Waals surface area (Å²) in [6.07, 6.45) is 0.258. The molecule has 1 aromatic carbocycles. The molecule has 2 aromatic heterocycles. The van der Waals surface area contributed by atoms with Gasteiger partial charge < -0.3 is 34.4 Å². The van der Waals surface area contributed by atoms with Gasteiger partial charge in [-0.25, -0.2) is 9.78 Å². The normalized spacial score (nSPS) is 18.9. The number of pyridine rings is 2. The monoisotopic (exact) mass is 507 g/mol. The molecule has 0 amide bonds. The highest BCUT2D eigenvalue weighted by Crippen LogP contribution is 2.43. The van der Waals surface area contributed by atoms with Gasteiger partial charge >= 0.3 is 5.97 Å². The first-order valence-corrected chi connectivity index (χ1v) is 12.1. The summed E-state index contributed by atoms with van der Waals surface area (Å²) in [5, 5.41) is 11.9. The highest BCUT2D eigenvalue weighted by atomic mass is 16.7. The summed E-state index contributed by atoms with van der Waals surface area (Å²) in [4.78, 5) is 42.5. The van der Waals surface area contributed by atoms with Crippen LogP contribution in [0.5, 0.6) is 11.5 Å². The zero-order valence-electron chi connectivity index (χ0n) is 20.2. The molecule has 0 radical (unpaired) electrons. The number of aromatic nitrogens is 2. The first-order chi connectivity index (χ1) is 17.9. The van der Waals surface area contributed by atoms with E-state index in [-0.39, 0.29) is 75.0 Å². The third-order valence-corrected chi connectivity index (χ3v) is 7.30. The Bertz CT molecular complexity index is 1550. The van der Waals surface area contributed by atoms with E-state index in [0.29, 0.717) is 28.4 Å². The molecule has 1 atom stereocenters. The number of hydrogen-bond acceptors (Lipinski definition) is 10. The molecule has 0 unspecified atom stereocenters. The Kier molecular flexibility index (Phi) is 5.51. The van der Waals surface area contributed by atoms with Gasteiger partial charge in [0.2, 0.25) is 6.79 Å². The average molecular weight is 507 g/mol. The summed E-state index contributed by atoms with van der Waals surface area (Å²) in [7, 11) is 0. The Balaban J connectivity index is 1.51. The first kappa shape index (κ1) is 23.6. The van der Waals surface area contributed by atoms with Crippen molar-refractivity contribution < 1.29 is 33.6 Å². The van der Waals surface area contributed by atoms with E-state index in [1.807, 2.05) is 6.07 Å². The lowest BCUT2D eigenvalue weighted by molar-refractivity contribution is -0.172. The van der Waals surface area contributed by atoms with Crippen molar-refractivity contribution in [1.29, 1.82) is 0 Å². The second kappa shape index (κ2) is 8.65. The number of esters is 1. The van der Waals surface area contributed by atoms with Gasteiger partial charge in [0.1, 0.15) is 12.4 Å². The lowest BCUT2D eigenvalue weighted by Gasteiger charge is -2.31. The van der Waals surface area contributed by atoms with Crippen LogP contribution < -0.4 is 20.8 Å². The van der Waals surface area contributed by atoms with Crippen LogP contribution in [0.3, 0.4) is 0 Å². The Labute approximate surface area is 210 Å². The maximum atomic E-state index is 13.5. The van der Waals surface area contributed by atoms with Gasteiger partial charge in [0.15, 0.2) is 17.1 Å². The molecule has 3 N–H and O–H groups in total. The highest BCUT2D eigenvalue weighted by Gasteiger charge is 2.45. The average Bonchev–Trinajstić information content (AvgIpc) is 3.51. The number of ether oxygens (including phenoxy) is 4. The van der Waals surface area contributed by atoms with Crippen molar-refractivity contribution in [1.82, 2.24) is 9.55 Å². The van der Waals surface area contributed by atoms with Crippen molar-refractivity contribution >= 4 is 22.7 Å². The molecular formula is C26H25N3O8. The molecule has 6 rings (SSSR count). The van der Waals surface area contributed by atoms with Crippen LogP contribution in [-0.4, -0.2) is 46.4 Å². The predicted octanol–water partition coefficient (Wildman–Crippen LogP) is 1.24. The molecule has 37 heavy (non-hydrogen) atoms. The molecule has 192 valence electrons. The van der Waals surface area contributed by atoms with Crippen LogP contribution in [0.15, 0.2) is 23.0 Å². The molecule has 5 heterocycles. The number of benzene rings is 1. The van der Waals surface area contributed by atoms with Gasteiger partial charge in [-0.1, -0.05) is 6.92 Å². The minimum absolute atomic E-state index is 0.0420. The number of ketones is 1. The largest absolute Gasteiger partial charge is 0.458 e. The number of nitrogens with two attached hydrogens (primary N) is 1. The molecule has 0 spiro atoms. The number of cyclic esters (lactones) is 1. The van der Waals surface area contributed by atoms with Gasteiger partial charge in [-0.3, -0.25) is 9.59 Å². The molecule has 0 fully saturated rings. The van der Waals surface area contributed by atoms with Gasteiger partial charge in [0.25, 0.3) is 5.56 Å². The Hall–Kier alpha value is -3.80. The standard InChI is InChI=1S/C26H25N3O8/c1-2-26(33)18-6-20-23-15(9-29(20)24(31)17(18)11-35-25(26)32)16(10-34-4-3-13(30)8-27)14-5-21-22(37-12-36-21)7-19(14)28-23/h5-7,33H,2-4,8-12,27H2,1H3/t26-/m0/s1. The van der Waals surface area contributed by atoms with Crippen LogP contribution in [0.25, 0.3) is 22.3 Å². The fraction of sp³-hybridized carbons (Fsp3) is 0.385. The van der Waals surface area contributed by atoms with Crippen LogP contribution in [0.2, 0.25) is 0 Å². The smallest absolute Gasteiger partial charge is 0.343 e. The Morgan fingerprint density at radius 3 is 2.73 bits per heavy atom. The van der Waals surface area contributed by atoms with Crippen molar-refractivity contribution in [2.45, 2.75) is 45.1 Å². The van der Waals surface area contributed by atoms with E-state index in [9.17, 15) is 19.5 Å². The molecule has 0 bridgehead atoms. The Morgan fingerprint density at radius 2 is 1.97 bits per heavy atom. The zero-order chi connectivity index (χ0) is 25.9. The van der Waals surface area contributed by atoms with Crippen molar-refractivity contribution in [3.8, 4) is 22.9 Å². The van der Waals surface area contributed by atoms with E-state index in [4.69, 9.17) is 29.7 Å². The molecule has 3 aliphatic heterocycles. The number of carbonyl (C=O) groups excluding carboxylic acids is 2. The quantitative estimate of drug-likeness (QED) is 0.276. The minimum Gasteiger partial charge on any atom is -0.458 e. The van der Waals surface area contributed by atoms with Gasteiger partial charge in [-0.05, 0) is 24.1 Å². The van der Waals surface area contributed by atoms with Gasteiger partial charge in [-0.2, -0.15) is 0 Å². The molecule has 11 heteroatoms. The third kappa shape index (κ3) is 3.53. The van der Waals surface area contributed by atoms with Gasteiger partial charge in [-0.15, -0.1) is 0 Å². The molecule has 0 aliphatic carbocycles. The maximum Gasteiger partial charge on any atom is 0.343 e. The topological polar surface area (TPSA) is 152 Å². The number of nitrogens with zero attached hydrogens (tertiary/aromatic N) is 2. The summed E-state index contributed by atoms with van der Waals surface area (Å²) in [6, 6.07) is 5.29. The molecule has 0 saturated carbocycles. The summed E-state index contributed by atoms with van der Waals surface area (Å²) >= 11 is 0. The summed E-state index contributed by atoms with van der Waals surface area (Å²) in [6.45, 7) is 2.12. The Morgan fingerprint density at radius 1 is 1.19 bits per heavy atom.